The highest BCUT2D eigenvalue weighted by Crippen LogP contribution is 2.27. The molecule has 0 aliphatic carbocycles. The summed E-state index contributed by atoms with van der Waals surface area (Å²) in [6.45, 7) is 15.6. The van der Waals surface area contributed by atoms with Crippen molar-refractivity contribution in [3.05, 3.63) is 29.3 Å². The van der Waals surface area contributed by atoms with Gasteiger partial charge in [-0.15, -0.1) is 0 Å². The molecule has 3 heteroatoms. The third kappa shape index (κ3) is 5.78. The lowest BCUT2D eigenvalue weighted by Gasteiger charge is -2.33. The Balaban J connectivity index is 2.94. The number of carbonyl (C=O) groups excluding carboxylic acids is 1. The maximum absolute atomic E-state index is 12.6. The van der Waals surface area contributed by atoms with Gasteiger partial charge in [-0.2, -0.15) is 0 Å². The molecule has 0 bridgehead atoms. The minimum Gasteiger partial charge on any atom is -0.385 e. The van der Waals surface area contributed by atoms with Crippen LogP contribution in [0.15, 0.2) is 18.2 Å². The Labute approximate surface area is 129 Å². The summed E-state index contributed by atoms with van der Waals surface area (Å²) in [5.74, 6) is -0.0137. The standard InChI is InChI=1S/C18H30N2O/c1-8-19-15-11-13(2)9-10-14(15)16(21)20-18(6,7)12-17(3,4)5/h9-11,19H,8,12H2,1-7H3,(H,20,21). The SMILES string of the molecule is CCNc1cc(C)ccc1C(=O)NC(C)(C)CC(C)(C)C. The number of nitrogens with one attached hydrogen (secondary N) is 2. The van der Waals surface area contributed by atoms with Gasteiger partial charge in [0.2, 0.25) is 0 Å². The maximum atomic E-state index is 12.6. The van der Waals surface area contributed by atoms with E-state index in [0.717, 1.165) is 24.2 Å². The summed E-state index contributed by atoms with van der Waals surface area (Å²) in [6.07, 6.45) is 0.925. The first-order valence-electron chi connectivity index (χ1n) is 7.71. The molecule has 0 radical (unpaired) electrons. The van der Waals surface area contributed by atoms with E-state index < -0.39 is 0 Å². The van der Waals surface area contributed by atoms with E-state index in [0.29, 0.717) is 5.56 Å². The van der Waals surface area contributed by atoms with Crippen LogP contribution in [0.4, 0.5) is 5.69 Å². The van der Waals surface area contributed by atoms with Crippen LogP contribution >= 0.6 is 0 Å². The molecule has 0 spiro atoms. The Kier molecular flexibility index (Phi) is 5.43. The lowest BCUT2D eigenvalue weighted by Crippen LogP contribution is -2.46. The van der Waals surface area contributed by atoms with Crippen LogP contribution in [0.25, 0.3) is 0 Å². The number of amides is 1. The molecule has 21 heavy (non-hydrogen) atoms. The second kappa shape index (κ2) is 6.50. The van der Waals surface area contributed by atoms with Gasteiger partial charge in [0.25, 0.3) is 5.91 Å². The predicted molar refractivity (Wildman–Crippen MR) is 91.0 cm³/mol. The van der Waals surface area contributed by atoms with Gasteiger partial charge in [-0.3, -0.25) is 4.79 Å². The molecule has 3 nitrogen and oxygen atoms in total. The Hall–Kier alpha value is -1.51. The molecule has 0 atom stereocenters. The van der Waals surface area contributed by atoms with Gasteiger partial charge in [0.05, 0.1) is 5.56 Å². The lowest BCUT2D eigenvalue weighted by molar-refractivity contribution is 0.0892. The van der Waals surface area contributed by atoms with E-state index in [1.54, 1.807) is 0 Å². The molecule has 1 amide bonds. The van der Waals surface area contributed by atoms with Gasteiger partial charge in [-0.05, 0) is 57.2 Å². The van der Waals surface area contributed by atoms with Crippen LogP contribution in [0.5, 0.6) is 0 Å². The van der Waals surface area contributed by atoms with Crippen molar-refractivity contribution in [1.29, 1.82) is 0 Å². The summed E-state index contributed by atoms with van der Waals surface area (Å²) < 4.78 is 0. The molecule has 0 unspecified atom stereocenters. The van der Waals surface area contributed by atoms with Crippen molar-refractivity contribution in [2.24, 2.45) is 5.41 Å². The molecule has 0 aromatic heterocycles. The zero-order valence-electron chi connectivity index (χ0n) is 14.6. The maximum Gasteiger partial charge on any atom is 0.253 e. The van der Waals surface area contributed by atoms with Gasteiger partial charge in [0, 0.05) is 17.8 Å². The minimum atomic E-state index is -0.232. The fourth-order valence-corrected chi connectivity index (χ4v) is 2.94. The third-order valence-electron chi connectivity index (χ3n) is 3.21. The van der Waals surface area contributed by atoms with Gasteiger partial charge >= 0.3 is 0 Å². The summed E-state index contributed by atoms with van der Waals surface area (Å²) in [6, 6.07) is 5.90. The molecule has 2 N–H and O–H groups in total. The van der Waals surface area contributed by atoms with E-state index >= 15 is 0 Å². The molecule has 0 aliphatic heterocycles. The lowest BCUT2D eigenvalue weighted by atomic mass is 9.81. The van der Waals surface area contributed by atoms with Gasteiger partial charge < -0.3 is 10.6 Å². The van der Waals surface area contributed by atoms with E-state index in [9.17, 15) is 4.79 Å². The average Bonchev–Trinajstić information content (AvgIpc) is 2.24. The Morgan fingerprint density at radius 2 is 1.76 bits per heavy atom. The number of anilines is 1. The molecule has 1 rings (SSSR count). The van der Waals surface area contributed by atoms with Crippen LogP contribution in [-0.4, -0.2) is 18.0 Å². The van der Waals surface area contributed by atoms with Crippen molar-refractivity contribution in [3.8, 4) is 0 Å². The van der Waals surface area contributed by atoms with Crippen molar-refractivity contribution in [2.75, 3.05) is 11.9 Å². The van der Waals surface area contributed by atoms with Crippen LogP contribution < -0.4 is 10.6 Å². The molecular formula is C18H30N2O. The van der Waals surface area contributed by atoms with Gasteiger partial charge in [0.15, 0.2) is 0 Å². The smallest absolute Gasteiger partial charge is 0.253 e. The minimum absolute atomic E-state index is 0.0137. The zero-order chi connectivity index (χ0) is 16.3. The van der Waals surface area contributed by atoms with Gasteiger partial charge in [0.1, 0.15) is 0 Å². The monoisotopic (exact) mass is 290 g/mol. The summed E-state index contributed by atoms with van der Waals surface area (Å²) in [5.41, 5.74) is 2.71. The number of rotatable bonds is 5. The quantitative estimate of drug-likeness (QED) is 0.845. The first-order valence-corrected chi connectivity index (χ1v) is 7.71. The second-order valence-electron chi connectivity index (χ2n) is 7.65. The number of carbonyl (C=O) groups is 1. The van der Waals surface area contributed by atoms with E-state index in [1.165, 1.54) is 0 Å². The van der Waals surface area contributed by atoms with Gasteiger partial charge in [-0.1, -0.05) is 26.8 Å². The first kappa shape index (κ1) is 17.5. The molecule has 0 fully saturated rings. The molecule has 118 valence electrons. The van der Waals surface area contributed by atoms with Crippen molar-refractivity contribution in [2.45, 2.75) is 60.4 Å². The first-order chi connectivity index (χ1) is 9.54. The number of hydrogen-bond acceptors (Lipinski definition) is 2. The van der Waals surface area contributed by atoms with E-state index in [1.807, 2.05) is 32.0 Å². The van der Waals surface area contributed by atoms with E-state index in [-0.39, 0.29) is 16.9 Å². The third-order valence-corrected chi connectivity index (χ3v) is 3.21. The number of benzene rings is 1. The Morgan fingerprint density at radius 1 is 1.14 bits per heavy atom. The Bertz CT molecular complexity index is 498. The highest BCUT2D eigenvalue weighted by Gasteiger charge is 2.28. The fourth-order valence-electron chi connectivity index (χ4n) is 2.94. The highest BCUT2D eigenvalue weighted by atomic mass is 16.1. The van der Waals surface area contributed by atoms with E-state index in [4.69, 9.17) is 0 Å². The van der Waals surface area contributed by atoms with Crippen molar-refractivity contribution < 1.29 is 4.79 Å². The van der Waals surface area contributed by atoms with Crippen molar-refractivity contribution in [3.63, 3.8) is 0 Å². The molecule has 0 aliphatic rings. The molecule has 1 aromatic carbocycles. The molecule has 1 aromatic rings. The largest absolute Gasteiger partial charge is 0.385 e. The van der Waals surface area contributed by atoms with Crippen molar-refractivity contribution in [1.82, 2.24) is 5.32 Å². The molecule has 0 saturated heterocycles. The van der Waals surface area contributed by atoms with Gasteiger partial charge in [-0.25, -0.2) is 0 Å². The fraction of sp³-hybridized carbons (Fsp3) is 0.611. The second-order valence-corrected chi connectivity index (χ2v) is 7.65. The van der Waals surface area contributed by atoms with Crippen LogP contribution in [-0.2, 0) is 0 Å². The van der Waals surface area contributed by atoms with Crippen LogP contribution in [0, 0.1) is 12.3 Å². The summed E-state index contributed by atoms with van der Waals surface area (Å²) >= 11 is 0. The number of hydrogen-bond donors (Lipinski definition) is 2. The predicted octanol–water partition coefficient (Wildman–Crippen LogP) is 4.37. The van der Waals surface area contributed by atoms with E-state index in [2.05, 4.69) is 45.3 Å². The summed E-state index contributed by atoms with van der Waals surface area (Å²) in [5, 5.41) is 6.44. The number of aryl methyl sites for hydroxylation is 1. The van der Waals surface area contributed by atoms with Crippen molar-refractivity contribution >= 4 is 11.6 Å². The van der Waals surface area contributed by atoms with Crippen LogP contribution in [0.1, 0.15) is 63.9 Å². The van der Waals surface area contributed by atoms with Crippen LogP contribution in [0.3, 0.4) is 0 Å². The average molecular weight is 290 g/mol. The summed E-state index contributed by atoms with van der Waals surface area (Å²) in [4.78, 5) is 12.6. The zero-order valence-corrected chi connectivity index (χ0v) is 14.6. The molecular weight excluding hydrogens is 260 g/mol. The highest BCUT2D eigenvalue weighted by molar-refractivity contribution is 6.00. The normalized spacial score (nSPS) is 12.1. The molecule has 0 heterocycles. The van der Waals surface area contributed by atoms with Crippen LogP contribution in [0.2, 0.25) is 0 Å². The topological polar surface area (TPSA) is 41.1 Å². The molecule has 0 saturated carbocycles. The summed E-state index contributed by atoms with van der Waals surface area (Å²) in [7, 11) is 0. The Morgan fingerprint density at radius 3 is 2.29 bits per heavy atom.